The van der Waals surface area contributed by atoms with Gasteiger partial charge in [-0.05, 0) is 11.1 Å². The van der Waals surface area contributed by atoms with Gasteiger partial charge in [0.1, 0.15) is 0 Å². The molecule has 2 aromatic rings. The van der Waals surface area contributed by atoms with Crippen LogP contribution in [0.1, 0.15) is 11.1 Å². The lowest BCUT2D eigenvalue weighted by Crippen LogP contribution is -2.47. The van der Waals surface area contributed by atoms with Crippen LogP contribution in [0.4, 0.5) is 0 Å². The zero-order valence-electron chi connectivity index (χ0n) is 12.0. The molecule has 2 rings (SSSR count). The number of nitrogens with one attached hydrogen (secondary N) is 2. The highest BCUT2D eigenvalue weighted by Gasteiger charge is 2.13. The maximum absolute atomic E-state index is 11.5. The molecule has 0 aliphatic carbocycles. The molecule has 0 unspecified atom stereocenters. The summed E-state index contributed by atoms with van der Waals surface area (Å²) in [6.45, 7) is 1.86. The number of carbonyl (C=O) groups excluding carboxylic acids is 1. The SMILES string of the molecule is NC(=O)[C@@H](CNCc1ccccc1)NCc1ccccc1. The summed E-state index contributed by atoms with van der Waals surface area (Å²) in [6.07, 6.45) is 0. The number of primary amides is 1. The molecule has 0 aliphatic heterocycles. The van der Waals surface area contributed by atoms with Crippen molar-refractivity contribution in [1.82, 2.24) is 10.6 Å². The monoisotopic (exact) mass is 283 g/mol. The Bertz CT molecular complexity index is 542. The van der Waals surface area contributed by atoms with Gasteiger partial charge < -0.3 is 16.4 Å². The van der Waals surface area contributed by atoms with Gasteiger partial charge in [0, 0.05) is 19.6 Å². The molecule has 0 saturated heterocycles. The van der Waals surface area contributed by atoms with Gasteiger partial charge in [0.2, 0.25) is 5.91 Å². The molecular formula is C17H21N3O. The lowest BCUT2D eigenvalue weighted by Gasteiger charge is -2.16. The van der Waals surface area contributed by atoms with Gasteiger partial charge >= 0.3 is 0 Å². The van der Waals surface area contributed by atoms with Gasteiger partial charge in [-0.2, -0.15) is 0 Å². The molecule has 4 nitrogen and oxygen atoms in total. The van der Waals surface area contributed by atoms with E-state index in [0.29, 0.717) is 13.1 Å². The van der Waals surface area contributed by atoms with Gasteiger partial charge in [-0.1, -0.05) is 60.7 Å². The lowest BCUT2D eigenvalue weighted by atomic mass is 10.2. The largest absolute Gasteiger partial charge is 0.368 e. The predicted octanol–water partition coefficient (Wildman–Crippen LogP) is 1.42. The number of hydrogen-bond donors (Lipinski definition) is 3. The van der Waals surface area contributed by atoms with Crippen LogP contribution in [0, 0.1) is 0 Å². The summed E-state index contributed by atoms with van der Waals surface area (Å²) in [5.74, 6) is -0.341. The van der Waals surface area contributed by atoms with E-state index in [0.717, 1.165) is 12.1 Å². The smallest absolute Gasteiger partial charge is 0.235 e. The number of carbonyl (C=O) groups is 1. The molecule has 1 atom stereocenters. The fraction of sp³-hybridized carbons (Fsp3) is 0.235. The minimum atomic E-state index is -0.381. The van der Waals surface area contributed by atoms with Gasteiger partial charge in [-0.15, -0.1) is 0 Å². The number of nitrogens with two attached hydrogens (primary N) is 1. The highest BCUT2D eigenvalue weighted by Crippen LogP contribution is 1.99. The third-order valence-electron chi connectivity index (χ3n) is 3.26. The van der Waals surface area contributed by atoms with Gasteiger partial charge in [0.05, 0.1) is 6.04 Å². The maximum Gasteiger partial charge on any atom is 0.235 e. The zero-order valence-corrected chi connectivity index (χ0v) is 12.0. The minimum Gasteiger partial charge on any atom is -0.368 e. The van der Waals surface area contributed by atoms with Gasteiger partial charge in [-0.3, -0.25) is 4.79 Å². The van der Waals surface area contributed by atoms with Gasteiger partial charge in [0.15, 0.2) is 0 Å². The molecule has 0 aliphatic rings. The molecule has 0 saturated carbocycles. The summed E-state index contributed by atoms with van der Waals surface area (Å²) < 4.78 is 0. The first-order valence-electron chi connectivity index (χ1n) is 7.07. The second kappa shape index (κ2) is 8.19. The first-order valence-corrected chi connectivity index (χ1v) is 7.07. The maximum atomic E-state index is 11.5. The third-order valence-corrected chi connectivity index (χ3v) is 3.26. The number of benzene rings is 2. The van der Waals surface area contributed by atoms with E-state index in [2.05, 4.69) is 10.6 Å². The summed E-state index contributed by atoms with van der Waals surface area (Å²) >= 11 is 0. The van der Waals surface area contributed by atoms with Crippen LogP contribution >= 0.6 is 0 Å². The van der Waals surface area contributed by atoms with E-state index in [1.54, 1.807) is 0 Å². The number of rotatable bonds is 8. The minimum absolute atomic E-state index is 0.341. The van der Waals surface area contributed by atoms with Crippen molar-refractivity contribution >= 4 is 5.91 Å². The summed E-state index contributed by atoms with van der Waals surface area (Å²) in [7, 11) is 0. The fourth-order valence-electron chi connectivity index (χ4n) is 2.07. The Labute approximate surface area is 125 Å². The molecule has 110 valence electrons. The number of amides is 1. The van der Waals surface area contributed by atoms with E-state index in [-0.39, 0.29) is 11.9 Å². The normalized spacial score (nSPS) is 12.0. The van der Waals surface area contributed by atoms with Crippen molar-refractivity contribution in [3.63, 3.8) is 0 Å². The van der Waals surface area contributed by atoms with Crippen LogP contribution in [0.25, 0.3) is 0 Å². The Morgan fingerprint density at radius 3 is 1.95 bits per heavy atom. The Morgan fingerprint density at radius 1 is 0.905 bits per heavy atom. The molecule has 0 heterocycles. The Morgan fingerprint density at radius 2 is 1.43 bits per heavy atom. The zero-order chi connectivity index (χ0) is 14.9. The Balaban J connectivity index is 1.78. The first kappa shape index (κ1) is 15.2. The molecule has 0 spiro atoms. The second-order valence-electron chi connectivity index (χ2n) is 4.94. The number of hydrogen-bond acceptors (Lipinski definition) is 3. The highest BCUT2D eigenvalue weighted by atomic mass is 16.1. The molecule has 21 heavy (non-hydrogen) atoms. The molecule has 1 amide bonds. The second-order valence-corrected chi connectivity index (χ2v) is 4.94. The van der Waals surface area contributed by atoms with Crippen LogP contribution < -0.4 is 16.4 Å². The molecule has 0 bridgehead atoms. The van der Waals surface area contributed by atoms with E-state index in [1.165, 1.54) is 5.56 Å². The van der Waals surface area contributed by atoms with Crippen molar-refractivity contribution in [3.8, 4) is 0 Å². The average Bonchev–Trinajstić information content (AvgIpc) is 2.52. The van der Waals surface area contributed by atoms with Crippen LogP contribution in [0.15, 0.2) is 60.7 Å². The van der Waals surface area contributed by atoms with E-state index < -0.39 is 0 Å². The summed E-state index contributed by atoms with van der Waals surface area (Å²) in [4.78, 5) is 11.5. The fourth-order valence-corrected chi connectivity index (χ4v) is 2.07. The van der Waals surface area contributed by atoms with Crippen molar-refractivity contribution in [3.05, 3.63) is 71.8 Å². The predicted molar refractivity (Wildman–Crippen MR) is 84.4 cm³/mol. The van der Waals surface area contributed by atoms with Crippen LogP contribution in [0.2, 0.25) is 0 Å². The van der Waals surface area contributed by atoms with Crippen molar-refractivity contribution in [1.29, 1.82) is 0 Å². The van der Waals surface area contributed by atoms with E-state index >= 15 is 0 Å². The molecule has 0 aromatic heterocycles. The van der Waals surface area contributed by atoms with Crippen LogP contribution in [-0.2, 0) is 17.9 Å². The molecule has 2 aromatic carbocycles. The van der Waals surface area contributed by atoms with Crippen molar-refractivity contribution < 1.29 is 4.79 Å². The van der Waals surface area contributed by atoms with Crippen LogP contribution in [0.5, 0.6) is 0 Å². The van der Waals surface area contributed by atoms with E-state index in [1.807, 2.05) is 60.7 Å². The van der Waals surface area contributed by atoms with Gasteiger partial charge in [-0.25, -0.2) is 0 Å². The Kier molecular flexibility index (Phi) is 5.94. The van der Waals surface area contributed by atoms with Crippen molar-refractivity contribution in [2.75, 3.05) is 6.54 Å². The Hall–Kier alpha value is -2.17. The summed E-state index contributed by atoms with van der Waals surface area (Å²) in [6, 6.07) is 19.6. The molecule has 4 heteroatoms. The van der Waals surface area contributed by atoms with Crippen LogP contribution in [-0.4, -0.2) is 18.5 Å². The van der Waals surface area contributed by atoms with Crippen molar-refractivity contribution in [2.24, 2.45) is 5.73 Å². The third kappa shape index (κ3) is 5.38. The molecule has 0 radical (unpaired) electrons. The first-order chi connectivity index (χ1) is 10.3. The van der Waals surface area contributed by atoms with Gasteiger partial charge in [0.25, 0.3) is 0 Å². The van der Waals surface area contributed by atoms with E-state index in [4.69, 9.17) is 5.73 Å². The molecule has 0 fully saturated rings. The standard InChI is InChI=1S/C17H21N3O/c18-17(21)16(20-12-15-9-5-2-6-10-15)13-19-11-14-7-3-1-4-8-14/h1-10,16,19-20H,11-13H2,(H2,18,21)/t16-/m1/s1. The van der Waals surface area contributed by atoms with Crippen molar-refractivity contribution in [2.45, 2.75) is 19.1 Å². The molecule has 4 N–H and O–H groups in total. The van der Waals surface area contributed by atoms with Crippen LogP contribution in [0.3, 0.4) is 0 Å². The average molecular weight is 283 g/mol. The summed E-state index contributed by atoms with van der Waals surface area (Å²) in [5.41, 5.74) is 7.75. The lowest BCUT2D eigenvalue weighted by molar-refractivity contribution is -0.120. The quantitative estimate of drug-likeness (QED) is 0.686. The molecular weight excluding hydrogens is 262 g/mol. The highest BCUT2D eigenvalue weighted by molar-refractivity contribution is 5.80. The summed E-state index contributed by atoms with van der Waals surface area (Å²) in [5, 5.41) is 6.44. The van der Waals surface area contributed by atoms with E-state index in [9.17, 15) is 4.79 Å². The topological polar surface area (TPSA) is 67.2 Å².